The van der Waals surface area contributed by atoms with Gasteiger partial charge in [-0.15, -0.1) is 0 Å². The summed E-state index contributed by atoms with van der Waals surface area (Å²) in [4.78, 5) is 17.4. The number of rotatable bonds is 7. The summed E-state index contributed by atoms with van der Waals surface area (Å²) in [6.45, 7) is 7.39. The third kappa shape index (κ3) is 5.32. The molecule has 0 saturated carbocycles. The van der Waals surface area contributed by atoms with Crippen molar-refractivity contribution in [3.05, 3.63) is 33.7 Å². The van der Waals surface area contributed by atoms with E-state index in [9.17, 15) is 15.0 Å². The number of oxime groups is 1. The van der Waals surface area contributed by atoms with Crippen molar-refractivity contribution < 1.29 is 43.2 Å². The highest BCUT2D eigenvalue weighted by molar-refractivity contribution is 6.04. The van der Waals surface area contributed by atoms with E-state index in [1.54, 1.807) is 32.9 Å². The van der Waals surface area contributed by atoms with Crippen LogP contribution in [0.15, 0.2) is 26.5 Å². The van der Waals surface area contributed by atoms with Crippen LogP contribution in [0.1, 0.15) is 51.2 Å². The van der Waals surface area contributed by atoms with Gasteiger partial charge in [0, 0.05) is 19.3 Å². The van der Waals surface area contributed by atoms with Crippen LogP contribution < -0.4 is 10.4 Å². The second-order valence-electron chi connectivity index (χ2n) is 9.79. The first kappa shape index (κ1) is 27.3. The normalized spacial score (nSPS) is 28.3. The number of ether oxygens (including phenoxy) is 5. The third-order valence-electron chi connectivity index (χ3n) is 6.80. The third-order valence-corrected chi connectivity index (χ3v) is 6.80. The van der Waals surface area contributed by atoms with Gasteiger partial charge in [0.2, 0.25) is 6.29 Å². The summed E-state index contributed by atoms with van der Waals surface area (Å²) in [5.41, 5.74) is -0.989. The number of aromatic hydroxyl groups is 1. The summed E-state index contributed by atoms with van der Waals surface area (Å²) in [6.07, 6.45) is -1.64. The Bertz CT molecular complexity index is 1200. The fourth-order valence-corrected chi connectivity index (χ4v) is 4.95. The van der Waals surface area contributed by atoms with Crippen LogP contribution in [-0.4, -0.2) is 73.2 Å². The van der Waals surface area contributed by atoms with Gasteiger partial charge in [0.05, 0.1) is 16.7 Å². The maximum Gasteiger partial charge on any atom is 0.349 e. The Hall–Kier alpha value is -2.70. The van der Waals surface area contributed by atoms with Gasteiger partial charge in [-0.2, -0.15) is 0 Å². The molecular weight excluding hydrogens is 486 g/mol. The van der Waals surface area contributed by atoms with Gasteiger partial charge in [-0.25, -0.2) is 4.79 Å². The molecule has 2 N–H and O–H groups in total. The fourth-order valence-electron chi connectivity index (χ4n) is 4.95. The molecule has 1 aromatic heterocycles. The highest BCUT2D eigenvalue weighted by Gasteiger charge is 2.52. The predicted octanol–water partition coefficient (Wildman–Crippen LogP) is 2.98. The number of aryl methyl sites for hydroxylation is 1. The number of nitrogens with zero attached hydrogens (tertiary/aromatic N) is 1. The lowest BCUT2D eigenvalue weighted by atomic mass is 9.89. The van der Waals surface area contributed by atoms with Crippen molar-refractivity contribution in [2.75, 3.05) is 20.8 Å². The molecule has 0 radical (unpaired) electrons. The number of hydrogen-bond acceptors (Lipinski definition) is 11. The molecule has 1 aromatic carbocycles. The largest absolute Gasteiger partial charge is 0.506 e. The van der Waals surface area contributed by atoms with Gasteiger partial charge in [-0.1, -0.05) is 5.16 Å². The van der Waals surface area contributed by atoms with E-state index in [-0.39, 0.29) is 22.6 Å². The Kier molecular flexibility index (Phi) is 8.10. The lowest BCUT2D eigenvalue weighted by molar-refractivity contribution is -0.339. The zero-order valence-corrected chi connectivity index (χ0v) is 22.0. The molecule has 2 saturated heterocycles. The van der Waals surface area contributed by atoms with Crippen LogP contribution in [0.3, 0.4) is 0 Å². The first-order valence-electron chi connectivity index (χ1n) is 12.3. The molecule has 0 aliphatic carbocycles. The second kappa shape index (κ2) is 11.0. The van der Waals surface area contributed by atoms with Crippen LogP contribution in [0.25, 0.3) is 11.0 Å². The molecule has 2 fully saturated rings. The minimum atomic E-state index is -1.07. The number of methoxy groups -OCH3 is 1. The first-order valence-corrected chi connectivity index (χ1v) is 12.3. The van der Waals surface area contributed by atoms with Crippen LogP contribution >= 0.6 is 0 Å². The van der Waals surface area contributed by atoms with Crippen molar-refractivity contribution in [3.63, 3.8) is 0 Å². The maximum absolute atomic E-state index is 12.7. The average Bonchev–Trinajstić information content (AvgIpc) is 2.84. The van der Waals surface area contributed by atoms with Crippen LogP contribution in [0.5, 0.6) is 11.5 Å². The highest BCUT2D eigenvalue weighted by Crippen LogP contribution is 2.38. The smallest absolute Gasteiger partial charge is 0.349 e. The number of fused-ring (bicyclic) bond motifs is 1. The lowest BCUT2D eigenvalue weighted by Crippen LogP contribution is -2.65. The standard InChI is InChI=1S/C26H35NO10/c1-13-16(11-10-15-19(28)18(14(2)27-32-6)24(30)36-21(13)15)34-25-22(35-17-9-7-8-12-33-17)20(29)23(31-5)26(3,4)37-25/h10-11,17,20,22-23,25,28-29H,7-9,12H2,1-6H3/b27-14+/t17?,20-,22+,23+,25+/m0/s1. The van der Waals surface area contributed by atoms with Crippen LogP contribution in [0.2, 0.25) is 0 Å². The van der Waals surface area contributed by atoms with E-state index in [4.69, 9.17) is 32.9 Å². The van der Waals surface area contributed by atoms with Crippen LogP contribution in [0.4, 0.5) is 0 Å². The number of benzene rings is 1. The van der Waals surface area contributed by atoms with Gasteiger partial charge in [-0.05, 0) is 59.1 Å². The Balaban J connectivity index is 1.70. The molecule has 4 rings (SSSR count). The van der Waals surface area contributed by atoms with E-state index in [1.807, 2.05) is 0 Å². The van der Waals surface area contributed by atoms with Crippen molar-refractivity contribution in [2.24, 2.45) is 5.16 Å². The van der Waals surface area contributed by atoms with Crippen molar-refractivity contribution in [2.45, 2.75) is 83.5 Å². The van der Waals surface area contributed by atoms with E-state index in [1.165, 1.54) is 21.1 Å². The van der Waals surface area contributed by atoms with Crippen molar-refractivity contribution in [3.8, 4) is 11.5 Å². The Morgan fingerprint density at radius 2 is 1.97 bits per heavy atom. The van der Waals surface area contributed by atoms with Crippen molar-refractivity contribution in [1.82, 2.24) is 0 Å². The van der Waals surface area contributed by atoms with Gasteiger partial charge in [0.1, 0.15) is 42.0 Å². The molecule has 37 heavy (non-hydrogen) atoms. The van der Waals surface area contributed by atoms with Crippen LogP contribution in [-0.2, 0) is 23.8 Å². The zero-order valence-electron chi connectivity index (χ0n) is 22.0. The molecule has 2 aliphatic rings. The summed E-state index contributed by atoms with van der Waals surface area (Å²) in [6, 6.07) is 3.20. The fraction of sp³-hybridized carbons (Fsp3) is 0.615. The van der Waals surface area contributed by atoms with Gasteiger partial charge >= 0.3 is 5.63 Å². The molecule has 0 spiro atoms. The molecule has 3 heterocycles. The number of aliphatic hydroxyl groups excluding tert-OH is 1. The van der Waals surface area contributed by atoms with E-state index < -0.39 is 42.1 Å². The monoisotopic (exact) mass is 521 g/mol. The Morgan fingerprint density at radius 3 is 2.62 bits per heavy atom. The van der Waals surface area contributed by atoms with E-state index in [0.29, 0.717) is 29.7 Å². The average molecular weight is 522 g/mol. The predicted molar refractivity (Wildman–Crippen MR) is 133 cm³/mol. The van der Waals surface area contributed by atoms with Gasteiger partial charge < -0.3 is 43.2 Å². The lowest BCUT2D eigenvalue weighted by Gasteiger charge is -2.48. The zero-order chi connectivity index (χ0) is 26.9. The molecule has 2 aliphatic heterocycles. The molecule has 11 heteroatoms. The minimum absolute atomic E-state index is 0.0885. The SMILES string of the molecule is CO/N=C(\C)c1c(O)c2ccc(O[C@@H]3OC(C)(C)[C@H](OC)[C@@H](O)[C@H]3OC3CCCCO3)c(C)c2oc1=O. The topological polar surface area (TPSA) is 138 Å². The van der Waals surface area contributed by atoms with E-state index >= 15 is 0 Å². The molecule has 0 bridgehead atoms. The summed E-state index contributed by atoms with van der Waals surface area (Å²) in [7, 11) is 2.85. The molecular formula is C26H35NO10. The van der Waals surface area contributed by atoms with Gasteiger partial charge in [0.15, 0.2) is 12.4 Å². The summed E-state index contributed by atoms with van der Waals surface area (Å²) in [5.74, 6) is 0.0513. The quantitative estimate of drug-likeness (QED) is 0.318. The summed E-state index contributed by atoms with van der Waals surface area (Å²) >= 11 is 0. The molecule has 11 nitrogen and oxygen atoms in total. The van der Waals surface area contributed by atoms with Gasteiger partial charge in [0.25, 0.3) is 0 Å². The second-order valence-corrected chi connectivity index (χ2v) is 9.79. The highest BCUT2D eigenvalue weighted by atomic mass is 16.7. The maximum atomic E-state index is 12.7. The van der Waals surface area contributed by atoms with Crippen LogP contribution in [0, 0.1) is 6.92 Å². The molecule has 2 aromatic rings. The molecule has 5 atom stereocenters. The number of hydrogen-bond donors (Lipinski definition) is 2. The Morgan fingerprint density at radius 1 is 1.22 bits per heavy atom. The molecule has 1 unspecified atom stereocenters. The summed E-state index contributed by atoms with van der Waals surface area (Å²) < 4.78 is 35.4. The summed E-state index contributed by atoms with van der Waals surface area (Å²) in [5, 5.41) is 26.0. The van der Waals surface area contributed by atoms with E-state index in [0.717, 1.165) is 12.8 Å². The van der Waals surface area contributed by atoms with E-state index in [2.05, 4.69) is 5.16 Å². The first-order chi connectivity index (χ1) is 17.6. The molecule has 204 valence electrons. The minimum Gasteiger partial charge on any atom is -0.506 e. The Labute approximate surface area is 214 Å². The number of aliphatic hydroxyl groups is 1. The van der Waals surface area contributed by atoms with Crippen molar-refractivity contribution in [1.29, 1.82) is 0 Å². The van der Waals surface area contributed by atoms with Gasteiger partial charge in [-0.3, -0.25) is 0 Å². The molecule has 0 amide bonds. The van der Waals surface area contributed by atoms with Crippen molar-refractivity contribution >= 4 is 16.7 Å².